The zero-order valence-corrected chi connectivity index (χ0v) is 12.7. The summed E-state index contributed by atoms with van der Waals surface area (Å²) in [7, 11) is 0. The lowest BCUT2D eigenvalue weighted by molar-refractivity contribution is -0.152. The maximum Gasteiger partial charge on any atom is 0.248 e. The highest BCUT2D eigenvalue weighted by atomic mass is 32.2. The Bertz CT molecular complexity index is 353. The molecule has 0 aromatic heterocycles. The summed E-state index contributed by atoms with van der Waals surface area (Å²) >= 11 is 1.79. The number of thioether (sulfide) groups is 1. The Labute approximate surface area is 119 Å². The predicted molar refractivity (Wildman–Crippen MR) is 78.1 cm³/mol. The summed E-state index contributed by atoms with van der Waals surface area (Å²) in [5.74, 6) is 1.63. The molecule has 5 heteroatoms. The molecule has 2 amide bonds. The number of hydrogen-bond donors (Lipinski definition) is 1. The quantitative estimate of drug-likeness (QED) is 0.854. The second kappa shape index (κ2) is 6.16. The Hall–Kier alpha value is -0.710. The van der Waals surface area contributed by atoms with Gasteiger partial charge in [0.2, 0.25) is 11.8 Å². The lowest BCUT2D eigenvalue weighted by Gasteiger charge is -2.44. The number of amides is 2. The van der Waals surface area contributed by atoms with E-state index in [0.717, 1.165) is 31.4 Å². The number of piperazine rings is 1. The molecule has 2 fully saturated rings. The van der Waals surface area contributed by atoms with Crippen molar-refractivity contribution in [2.75, 3.05) is 25.1 Å². The summed E-state index contributed by atoms with van der Waals surface area (Å²) in [5, 5.41) is 2.98. The number of nitrogens with one attached hydrogen (secondary N) is 1. The minimum Gasteiger partial charge on any atom is -0.340 e. The minimum absolute atomic E-state index is 0.0119. The first kappa shape index (κ1) is 14.7. The Morgan fingerprint density at radius 1 is 1.32 bits per heavy atom. The van der Waals surface area contributed by atoms with E-state index >= 15 is 0 Å². The predicted octanol–water partition coefficient (Wildman–Crippen LogP) is 1.65. The van der Waals surface area contributed by atoms with Crippen molar-refractivity contribution in [1.29, 1.82) is 0 Å². The van der Waals surface area contributed by atoms with Crippen molar-refractivity contribution < 1.29 is 9.59 Å². The van der Waals surface area contributed by atoms with E-state index in [-0.39, 0.29) is 18.4 Å². The molecule has 1 heterocycles. The van der Waals surface area contributed by atoms with Gasteiger partial charge in [-0.2, -0.15) is 11.8 Å². The second-order valence-electron chi connectivity index (χ2n) is 5.94. The van der Waals surface area contributed by atoms with Crippen LogP contribution in [-0.2, 0) is 9.59 Å². The van der Waals surface area contributed by atoms with E-state index in [9.17, 15) is 9.59 Å². The minimum atomic E-state index is -0.577. The maximum absolute atomic E-state index is 12.7. The molecular formula is C14H24N2O2S. The largest absolute Gasteiger partial charge is 0.340 e. The first-order chi connectivity index (χ1) is 9.07. The van der Waals surface area contributed by atoms with Crippen LogP contribution in [0.25, 0.3) is 0 Å². The number of hydrogen-bond acceptors (Lipinski definition) is 3. The van der Waals surface area contributed by atoms with E-state index in [1.54, 1.807) is 16.7 Å². The van der Waals surface area contributed by atoms with Gasteiger partial charge in [-0.05, 0) is 30.8 Å². The van der Waals surface area contributed by atoms with Crippen molar-refractivity contribution in [1.82, 2.24) is 10.2 Å². The molecule has 1 aliphatic carbocycles. The van der Waals surface area contributed by atoms with E-state index in [2.05, 4.69) is 18.5 Å². The number of nitrogens with zero attached hydrogens (tertiary/aromatic N) is 1. The highest BCUT2D eigenvalue weighted by Gasteiger charge is 2.46. The Morgan fingerprint density at radius 2 is 2.00 bits per heavy atom. The van der Waals surface area contributed by atoms with Gasteiger partial charge in [0.15, 0.2) is 0 Å². The van der Waals surface area contributed by atoms with Crippen LogP contribution in [0.3, 0.4) is 0 Å². The van der Waals surface area contributed by atoms with Crippen molar-refractivity contribution >= 4 is 23.6 Å². The first-order valence-electron chi connectivity index (χ1n) is 7.17. The molecule has 108 valence electrons. The molecule has 1 N–H and O–H groups in total. The van der Waals surface area contributed by atoms with E-state index in [4.69, 9.17) is 0 Å². The van der Waals surface area contributed by atoms with Crippen LogP contribution in [0.4, 0.5) is 0 Å². The molecule has 1 unspecified atom stereocenters. The monoisotopic (exact) mass is 284 g/mol. The molecule has 0 radical (unpaired) electrons. The van der Waals surface area contributed by atoms with Crippen molar-refractivity contribution in [3.8, 4) is 0 Å². The van der Waals surface area contributed by atoms with Gasteiger partial charge in [-0.25, -0.2) is 0 Å². The van der Waals surface area contributed by atoms with Crippen LogP contribution in [0.1, 0.15) is 39.0 Å². The van der Waals surface area contributed by atoms with E-state index in [0.29, 0.717) is 12.5 Å². The Balaban J connectivity index is 2.07. The van der Waals surface area contributed by atoms with Crippen LogP contribution >= 0.6 is 11.8 Å². The highest BCUT2D eigenvalue weighted by Crippen LogP contribution is 2.32. The van der Waals surface area contributed by atoms with Crippen LogP contribution in [0.5, 0.6) is 0 Å². The number of rotatable bonds is 4. The molecule has 2 rings (SSSR count). The smallest absolute Gasteiger partial charge is 0.248 e. The fraction of sp³-hybridized carbons (Fsp3) is 0.857. The molecule has 1 saturated carbocycles. The summed E-state index contributed by atoms with van der Waals surface area (Å²) in [6, 6.07) is 0. The molecule has 0 aromatic carbocycles. The third-order valence-corrected chi connectivity index (χ3v) is 5.00. The van der Waals surface area contributed by atoms with Crippen molar-refractivity contribution in [2.45, 2.75) is 44.6 Å². The molecule has 1 aliphatic heterocycles. The van der Waals surface area contributed by atoms with Crippen LogP contribution < -0.4 is 5.32 Å². The summed E-state index contributed by atoms with van der Waals surface area (Å²) in [6.07, 6.45) is 6.95. The fourth-order valence-electron chi connectivity index (χ4n) is 3.26. The summed E-state index contributed by atoms with van der Waals surface area (Å²) in [4.78, 5) is 26.4. The van der Waals surface area contributed by atoms with Crippen molar-refractivity contribution in [3.63, 3.8) is 0 Å². The SMILES string of the molecule is CSCC(C)CN1CC(=O)NC2(CCCCC2)C1=O. The first-order valence-corrected chi connectivity index (χ1v) is 8.56. The summed E-state index contributed by atoms with van der Waals surface area (Å²) in [5.41, 5.74) is -0.577. The van der Waals surface area contributed by atoms with Crippen molar-refractivity contribution in [2.24, 2.45) is 5.92 Å². The topological polar surface area (TPSA) is 49.4 Å². The van der Waals surface area contributed by atoms with Crippen LogP contribution in [-0.4, -0.2) is 47.4 Å². The van der Waals surface area contributed by atoms with E-state index in [1.807, 2.05) is 0 Å². The second-order valence-corrected chi connectivity index (χ2v) is 6.85. The molecule has 1 atom stereocenters. The fourth-order valence-corrected chi connectivity index (χ4v) is 3.94. The van der Waals surface area contributed by atoms with Crippen LogP contribution in [0, 0.1) is 5.92 Å². The average Bonchev–Trinajstić information content (AvgIpc) is 2.37. The number of carbonyl (C=O) groups is 2. The molecule has 19 heavy (non-hydrogen) atoms. The summed E-state index contributed by atoms with van der Waals surface area (Å²) < 4.78 is 0. The molecule has 1 saturated heterocycles. The van der Waals surface area contributed by atoms with E-state index in [1.165, 1.54) is 6.42 Å². The Morgan fingerprint density at radius 3 is 2.63 bits per heavy atom. The van der Waals surface area contributed by atoms with Gasteiger partial charge < -0.3 is 10.2 Å². The lowest BCUT2D eigenvalue weighted by Crippen LogP contribution is -2.67. The van der Waals surface area contributed by atoms with Gasteiger partial charge in [0.25, 0.3) is 0 Å². The molecular weight excluding hydrogens is 260 g/mol. The standard InChI is InChI=1S/C14H24N2O2S/c1-11(10-19-2)8-16-9-12(17)15-14(13(16)18)6-4-3-5-7-14/h11H,3-10H2,1-2H3,(H,15,17). The zero-order chi connectivity index (χ0) is 13.9. The molecule has 1 spiro atoms. The number of carbonyl (C=O) groups excluding carboxylic acids is 2. The van der Waals surface area contributed by atoms with Gasteiger partial charge in [-0.3, -0.25) is 9.59 Å². The van der Waals surface area contributed by atoms with Gasteiger partial charge in [-0.15, -0.1) is 0 Å². The van der Waals surface area contributed by atoms with Gasteiger partial charge in [0.1, 0.15) is 5.54 Å². The van der Waals surface area contributed by atoms with Gasteiger partial charge in [-0.1, -0.05) is 26.2 Å². The average molecular weight is 284 g/mol. The van der Waals surface area contributed by atoms with Gasteiger partial charge in [0.05, 0.1) is 6.54 Å². The summed E-state index contributed by atoms with van der Waals surface area (Å²) in [6.45, 7) is 3.08. The zero-order valence-electron chi connectivity index (χ0n) is 11.9. The van der Waals surface area contributed by atoms with Gasteiger partial charge >= 0.3 is 0 Å². The lowest BCUT2D eigenvalue weighted by atomic mass is 9.79. The Kier molecular flexibility index (Phi) is 4.76. The molecule has 2 aliphatic rings. The van der Waals surface area contributed by atoms with Gasteiger partial charge in [0, 0.05) is 6.54 Å². The molecule has 0 aromatic rings. The maximum atomic E-state index is 12.7. The van der Waals surface area contributed by atoms with Crippen LogP contribution in [0.2, 0.25) is 0 Å². The molecule has 0 bridgehead atoms. The normalized spacial score (nSPS) is 24.4. The molecule has 4 nitrogen and oxygen atoms in total. The third-order valence-electron chi connectivity index (χ3n) is 4.10. The highest BCUT2D eigenvalue weighted by molar-refractivity contribution is 7.98. The third kappa shape index (κ3) is 3.25. The van der Waals surface area contributed by atoms with Crippen molar-refractivity contribution in [3.05, 3.63) is 0 Å². The van der Waals surface area contributed by atoms with Crippen LogP contribution in [0.15, 0.2) is 0 Å². The van der Waals surface area contributed by atoms with E-state index < -0.39 is 5.54 Å².